The first-order valence-electron chi connectivity index (χ1n) is 8.66. The highest BCUT2D eigenvalue weighted by Gasteiger charge is 2.23. The third-order valence-electron chi connectivity index (χ3n) is 4.39. The minimum Gasteiger partial charge on any atom is -0.494 e. The van der Waals surface area contributed by atoms with E-state index in [1.165, 1.54) is 7.11 Å². The van der Waals surface area contributed by atoms with Gasteiger partial charge < -0.3 is 14.6 Å². The van der Waals surface area contributed by atoms with E-state index in [-0.39, 0.29) is 11.7 Å². The number of benzene rings is 2. The SMILES string of the molecule is COc1cc(Cl)cc2c(Cc3ccccc3Cl)c(OC(=O)O)c(C(C)C)nc12. The molecular weight excluding hydrogens is 401 g/mol. The van der Waals surface area contributed by atoms with Crippen molar-refractivity contribution in [1.82, 2.24) is 4.98 Å². The van der Waals surface area contributed by atoms with Crippen molar-refractivity contribution < 1.29 is 19.4 Å². The van der Waals surface area contributed by atoms with E-state index in [2.05, 4.69) is 4.98 Å². The lowest BCUT2D eigenvalue weighted by molar-refractivity contribution is 0.143. The Morgan fingerprint density at radius 1 is 1.21 bits per heavy atom. The normalized spacial score (nSPS) is 11.1. The van der Waals surface area contributed by atoms with Crippen LogP contribution in [0.15, 0.2) is 36.4 Å². The Morgan fingerprint density at radius 3 is 2.54 bits per heavy atom. The van der Waals surface area contributed by atoms with Crippen molar-refractivity contribution in [2.75, 3.05) is 7.11 Å². The van der Waals surface area contributed by atoms with Crippen LogP contribution in [0.25, 0.3) is 10.9 Å². The zero-order chi connectivity index (χ0) is 20.4. The van der Waals surface area contributed by atoms with E-state index in [1.807, 2.05) is 32.0 Å². The van der Waals surface area contributed by atoms with E-state index >= 15 is 0 Å². The Bertz CT molecular complexity index is 1050. The second kappa shape index (κ2) is 8.25. The summed E-state index contributed by atoms with van der Waals surface area (Å²) in [6.07, 6.45) is -1.05. The molecular formula is C21H19Cl2NO4. The number of ether oxygens (including phenoxy) is 2. The van der Waals surface area contributed by atoms with Crippen molar-refractivity contribution >= 4 is 40.3 Å². The smallest absolute Gasteiger partial charge is 0.494 e. The molecule has 0 saturated carbocycles. The van der Waals surface area contributed by atoms with Crippen molar-refractivity contribution in [2.45, 2.75) is 26.2 Å². The second-order valence-corrected chi connectivity index (χ2v) is 7.44. The number of halogens is 2. The molecule has 0 fully saturated rings. The van der Waals surface area contributed by atoms with E-state index in [9.17, 15) is 9.90 Å². The zero-order valence-electron chi connectivity index (χ0n) is 15.6. The van der Waals surface area contributed by atoms with Gasteiger partial charge in [-0.3, -0.25) is 0 Å². The van der Waals surface area contributed by atoms with Gasteiger partial charge in [-0.25, -0.2) is 9.78 Å². The molecule has 0 saturated heterocycles. The molecule has 7 heteroatoms. The molecule has 1 heterocycles. The van der Waals surface area contributed by atoms with E-state index < -0.39 is 6.16 Å². The van der Waals surface area contributed by atoms with Crippen LogP contribution < -0.4 is 9.47 Å². The van der Waals surface area contributed by atoms with Crippen LogP contribution >= 0.6 is 23.2 Å². The maximum atomic E-state index is 11.4. The molecule has 0 aliphatic heterocycles. The first-order valence-corrected chi connectivity index (χ1v) is 9.41. The lowest BCUT2D eigenvalue weighted by atomic mass is 9.95. The highest BCUT2D eigenvalue weighted by molar-refractivity contribution is 6.32. The molecule has 3 aromatic rings. The Kier molecular flexibility index (Phi) is 5.96. The van der Waals surface area contributed by atoms with Crippen LogP contribution in [0.4, 0.5) is 4.79 Å². The summed E-state index contributed by atoms with van der Waals surface area (Å²) in [6, 6.07) is 10.8. The molecule has 28 heavy (non-hydrogen) atoms. The fourth-order valence-electron chi connectivity index (χ4n) is 3.12. The quantitative estimate of drug-likeness (QED) is 0.489. The van der Waals surface area contributed by atoms with E-state index in [4.69, 9.17) is 32.7 Å². The van der Waals surface area contributed by atoms with Gasteiger partial charge >= 0.3 is 6.16 Å². The van der Waals surface area contributed by atoms with Gasteiger partial charge in [0, 0.05) is 33.5 Å². The highest BCUT2D eigenvalue weighted by atomic mass is 35.5. The number of pyridine rings is 1. The average Bonchev–Trinajstić information content (AvgIpc) is 2.63. The minimum atomic E-state index is -1.41. The molecule has 146 valence electrons. The maximum absolute atomic E-state index is 11.4. The van der Waals surface area contributed by atoms with Gasteiger partial charge in [0.2, 0.25) is 0 Å². The molecule has 0 spiro atoms. The van der Waals surface area contributed by atoms with Crippen LogP contribution in [-0.2, 0) is 6.42 Å². The third-order valence-corrected chi connectivity index (χ3v) is 4.97. The van der Waals surface area contributed by atoms with Gasteiger partial charge in [0.15, 0.2) is 5.75 Å². The number of carbonyl (C=O) groups is 1. The fraction of sp³-hybridized carbons (Fsp3) is 0.238. The summed E-state index contributed by atoms with van der Waals surface area (Å²) in [5.74, 6) is 0.634. The number of aromatic nitrogens is 1. The van der Waals surface area contributed by atoms with Crippen LogP contribution in [0.3, 0.4) is 0 Å². The number of hydrogen-bond acceptors (Lipinski definition) is 4. The first-order chi connectivity index (χ1) is 13.3. The molecule has 5 nitrogen and oxygen atoms in total. The monoisotopic (exact) mass is 419 g/mol. The Labute approximate surface area is 172 Å². The molecule has 0 aliphatic carbocycles. The van der Waals surface area contributed by atoms with Gasteiger partial charge in [0.1, 0.15) is 11.3 Å². The van der Waals surface area contributed by atoms with Crippen molar-refractivity contribution in [3.63, 3.8) is 0 Å². The van der Waals surface area contributed by atoms with E-state index in [1.54, 1.807) is 18.2 Å². The maximum Gasteiger partial charge on any atom is 0.511 e. The molecule has 3 rings (SSSR count). The Hall–Kier alpha value is -2.50. The number of rotatable bonds is 5. The summed E-state index contributed by atoms with van der Waals surface area (Å²) in [5.41, 5.74) is 2.60. The molecule has 2 aromatic carbocycles. The molecule has 1 N–H and O–H groups in total. The first kappa shape index (κ1) is 20.2. The van der Waals surface area contributed by atoms with Gasteiger partial charge in [0.05, 0.1) is 12.8 Å². The second-order valence-electron chi connectivity index (χ2n) is 6.60. The standard InChI is InChI=1S/C21H19Cl2NO4/c1-11(2)18-20(28-21(25)26)15(8-12-6-4-5-7-16(12)23)14-9-13(22)10-17(27-3)19(14)24-18/h4-7,9-11H,8H2,1-3H3,(H,25,26). The van der Waals surface area contributed by atoms with E-state index in [0.29, 0.717) is 44.4 Å². The number of hydrogen-bond donors (Lipinski definition) is 1. The summed E-state index contributed by atoms with van der Waals surface area (Å²) in [6.45, 7) is 3.84. The molecule has 0 aliphatic rings. The summed E-state index contributed by atoms with van der Waals surface area (Å²) in [7, 11) is 1.54. The largest absolute Gasteiger partial charge is 0.511 e. The van der Waals surface area contributed by atoms with Gasteiger partial charge in [-0.05, 0) is 23.6 Å². The topological polar surface area (TPSA) is 68.7 Å². The van der Waals surface area contributed by atoms with Crippen LogP contribution in [0.2, 0.25) is 10.0 Å². The molecule has 0 radical (unpaired) electrons. The number of nitrogens with zero attached hydrogens (tertiary/aromatic N) is 1. The number of methoxy groups -OCH3 is 1. The minimum absolute atomic E-state index is 0.0795. The zero-order valence-corrected chi connectivity index (χ0v) is 17.1. The predicted octanol–water partition coefficient (Wildman–Crippen LogP) is 6.32. The van der Waals surface area contributed by atoms with Crippen LogP contribution in [0.1, 0.15) is 36.6 Å². The van der Waals surface area contributed by atoms with Crippen molar-refractivity contribution in [2.24, 2.45) is 0 Å². The summed E-state index contributed by atoms with van der Waals surface area (Å²) < 4.78 is 10.7. The summed E-state index contributed by atoms with van der Waals surface area (Å²) in [4.78, 5) is 16.1. The molecule has 1 aromatic heterocycles. The predicted molar refractivity (Wildman–Crippen MR) is 110 cm³/mol. The Balaban J connectivity index is 2.39. The average molecular weight is 420 g/mol. The lowest BCUT2D eigenvalue weighted by Gasteiger charge is -2.19. The summed E-state index contributed by atoms with van der Waals surface area (Å²) >= 11 is 12.6. The molecule has 0 atom stereocenters. The molecule has 0 amide bonds. The van der Waals surface area contributed by atoms with Crippen LogP contribution in [0.5, 0.6) is 11.5 Å². The van der Waals surface area contributed by atoms with Crippen molar-refractivity contribution in [1.29, 1.82) is 0 Å². The van der Waals surface area contributed by atoms with E-state index in [0.717, 1.165) is 5.56 Å². The lowest BCUT2D eigenvalue weighted by Crippen LogP contribution is -2.11. The van der Waals surface area contributed by atoms with Gasteiger partial charge in [-0.1, -0.05) is 55.2 Å². The third kappa shape index (κ3) is 4.01. The fourth-order valence-corrected chi connectivity index (χ4v) is 3.53. The van der Waals surface area contributed by atoms with Crippen LogP contribution in [0, 0.1) is 0 Å². The number of carboxylic acid groups (broad SMARTS) is 1. The van der Waals surface area contributed by atoms with Crippen LogP contribution in [-0.4, -0.2) is 23.4 Å². The molecule has 0 bridgehead atoms. The van der Waals surface area contributed by atoms with Gasteiger partial charge in [0.25, 0.3) is 0 Å². The summed E-state index contributed by atoms with van der Waals surface area (Å²) in [5, 5.41) is 11.0. The van der Waals surface area contributed by atoms with Gasteiger partial charge in [-0.15, -0.1) is 0 Å². The highest BCUT2D eigenvalue weighted by Crippen LogP contribution is 2.40. The van der Waals surface area contributed by atoms with Crippen molar-refractivity contribution in [3.8, 4) is 11.5 Å². The molecule has 0 unspecified atom stereocenters. The van der Waals surface area contributed by atoms with Crippen molar-refractivity contribution in [3.05, 3.63) is 63.3 Å². The Morgan fingerprint density at radius 2 is 1.93 bits per heavy atom. The number of fused-ring (bicyclic) bond motifs is 1. The van der Waals surface area contributed by atoms with Gasteiger partial charge in [-0.2, -0.15) is 0 Å².